The summed E-state index contributed by atoms with van der Waals surface area (Å²) in [7, 11) is 3.15. The fraction of sp³-hybridized carbons (Fsp3) is 0.750. The van der Waals surface area contributed by atoms with Crippen LogP contribution in [-0.2, 0) is 19.0 Å². The first-order valence-corrected chi connectivity index (χ1v) is 11.2. The van der Waals surface area contributed by atoms with Gasteiger partial charge in [0.05, 0.1) is 13.2 Å². The van der Waals surface area contributed by atoms with Crippen molar-refractivity contribution in [3.8, 4) is 0 Å². The Morgan fingerprint density at radius 2 is 1.93 bits per heavy atom. The van der Waals surface area contributed by atoms with E-state index in [0.717, 1.165) is 44.9 Å². The summed E-state index contributed by atoms with van der Waals surface area (Å²) in [5.74, 6) is -0.0988. The number of esters is 1. The lowest BCUT2D eigenvalue weighted by molar-refractivity contribution is -0.143. The summed E-state index contributed by atoms with van der Waals surface area (Å²) < 4.78 is 15.8. The highest BCUT2D eigenvalue weighted by Crippen LogP contribution is 2.38. The number of allylic oxidation sites excluding steroid dienone is 3. The van der Waals surface area contributed by atoms with Crippen LogP contribution in [0.3, 0.4) is 0 Å². The van der Waals surface area contributed by atoms with Crippen LogP contribution in [0.15, 0.2) is 22.8 Å². The number of carbonyl (C=O) groups is 2. The zero-order chi connectivity index (χ0) is 22.3. The molecule has 170 valence electrons. The number of rotatable bonds is 7. The first kappa shape index (κ1) is 24.4. The molecule has 2 unspecified atom stereocenters. The van der Waals surface area contributed by atoms with Crippen molar-refractivity contribution in [2.45, 2.75) is 96.8 Å². The third-order valence-corrected chi connectivity index (χ3v) is 6.03. The largest absolute Gasteiger partial charge is 0.467 e. The molecule has 1 N–H and O–H groups in total. The lowest BCUT2D eigenvalue weighted by atomic mass is 9.78. The van der Waals surface area contributed by atoms with E-state index in [1.807, 2.05) is 0 Å². The second-order valence-corrected chi connectivity index (χ2v) is 9.36. The summed E-state index contributed by atoms with van der Waals surface area (Å²) in [4.78, 5) is 24.4. The minimum atomic E-state index is -0.688. The summed E-state index contributed by atoms with van der Waals surface area (Å²) in [6.07, 6.45) is 9.86. The highest BCUT2D eigenvalue weighted by Gasteiger charge is 2.30. The number of amides is 1. The van der Waals surface area contributed by atoms with Crippen LogP contribution < -0.4 is 5.32 Å². The van der Waals surface area contributed by atoms with Crippen molar-refractivity contribution in [1.82, 2.24) is 5.32 Å². The van der Waals surface area contributed by atoms with Crippen LogP contribution in [0.1, 0.15) is 79.1 Å². The molecule has 2 rings (SSSR count). The van der Waals surface area contributed by atoms with Gasteiger partial charge in [0.25, 0.3) is 0 Å². The molecule has 2 aliphatic rings. The molecule has 1 amide bonds. The number of carbonyl (C=O) groups excluding carboxylic acids is 2. The Hall–Kier alpha value is -1.82. The monoisotopic (exact) mass is 421 g/mol. The van der Waals surface area contributed by atoms with Gasteiger partial charge in [-0.05, 0) is 89.2 Å². The SMILES string of the molecule is CCC1=C(C2=CCC(C[C@H](NC(=O)OC(C)(C)C)C(=O)OC)CC2)CCC(OC)C1. The second kappa shape index (κ2) is 11.0. The van der Waals surface area contributed by atoms with Gasteiger partial charge >= 0.3 is 12.1 Å². The van der Waals surface area contributed by atoms with Crippen LogP contribution in [0.4, 0.5) is 4.79 Å². The standard InChI is InChI=1S/C24H39NO5/c1-7-17-15-19(28-5)12-13-20(17)18-10-8-16(9-11-18)14-21(22(26)29-6)25-23(27)30-24(2,3)4/h10,16,19,21H,7-9,11-15H2,1-6H3,(H,25,27)/t16?,19?,21-/m0/s1. The van der Waals surface area contributed by atoms with Crippen molar-refractivity contribution in [3.63, 3.8) is 0 Å². The number of nitrogens with one attached hydrogen (secondary N) is 1. The van der Waals surface area contributed by atoms with Gasteiger partial charge in [0.15, 0.2) is 0 Å². The maximum absolute atomic E-state index is 12.2. The third kappa shape index (κ3) is 7.15. The smallest absolute Gasteiger partial charge is 0.408 e. The van der Waals surface area contributed by atoms with Crippen molar-refractivity contribution in [2.75, 3.05) is 14.2 Å². The van der Waals surface area contributed by atoms with Gasteiger partial charge in [0.2, 0.25) is 0 Å². The van der Waals surface area contributed by atoms with Gasteiger partial charge in [0, 0.05) is 7.11 Å². The van der Waals surface area contributed by atoms with E-state index in [9.17, 15) is 9.59 Å². The molecule has 0 aromatic carbocycles. The number of hydrogen-bond acceptors (Lipinski definition) is 5. The molecule has 30 heavy (non-hydrogen) atoms. The predicted octanol–water partition coefficient (Wildman–Crippen LogP) is 5.07. The Balaban J connectivity index is 2.00. The first-order valence-electron chi connectivity index (χ1n) is 11.2. The highest BCUT2D eigenvalue weighted by molar-refractivity contribution is 5.81. The molecule has 6 nitrogen and oxygen atoms in total. The van der Waals surface area contributed by atoms with E-state index in [2.05, 4.69) is 18.3 Å². The molecule has 0 aromatic rings. The molecule has 0 aromatic heterocycles. The van der Waals surface area contributed by atoms with Crippen LogP contribution in [0.25, 0.3) is 0 Å². The zero-order valence-corrected chi connectivity index (χ0v) is 19.5. The van der Waals surface area contributed by atoms with Gasteiger partial charge in [-0.15, -0.1) is 0 Å². The van der Waals surface area contributed by atoms with E-state index in [0.29, 0.717) is 18.4 Å². The Bertz CT molecular complexity index is 674. The fourth-order valence-electron chi connectivity index (χ4n) is 4.44. The van der Waals surface area contributed by atoms with Crippen molar-refractivity contribution in [1.29, 1.82) is 0 Å². The van der Waals surface area contributed by atoms with Crippen molar-refractivity contribution < 1.29 is 23.8 Å². The molecule has 0 bridgehead atoms. The molecule has 0 saturated carbocycles. The zero-order valence-electron chi connectivity index (χ0n) is 19.5. The molecule has 0 spiro atoms. The molecule has 0 fully saturated rings. The van der Waals surface area contributed by atoms with E-state index in [-0.39, 0.29) is 0 Å². The Morgan fingerprint density at radius 3 is 2.47 bits per heavy atom. The Morgan fingerprint density at radius 1 is 1.20 bits per heavy atom. The average molecular weight is 422 g/mol. The van der Waals surface area contributed by atoms with E-state index < -0.39 is 23.7 Å². The molecule has 6 heteroatoms. The van der Waals surface area contributed by atoms with Gasteiger partial charge in [0.1, 0.15) is 11.6 Å². The van der Waals surface area contributed by atoms with Gasteiger partial charge in [-0.3, -0.25) is 0 Å². The van der Waals surface area contributed by atoms with Crippen LogP contribution in [-0.4, -0.2) is 44.0 Å². The lowest BCUT2D eigenvalue weighted by Gasteiger charge is -2.31. The normalized spacial score (nSPS) is 23.5. The minimum Gasteiger partial charge on any atom is -0.467 e. The van der Waals surface area contributed by atoms with Gasteiger partial charge in [-0.2, -0.15) is 0 Å². The quantitative estimate of drug-likeness (QED) is 0.581. The lowest BCUT2D eigenvalue weighted by Crippen LogP contribution is -2.45. The second-order valence-electron chi connectivity index (χ2n) is 9.36. The van der Waals surface area contributed by atoms with Crippen LogP contribution in [0.2, 0.25) is 0 Å². The maximum atomic E-state index is 12.2. The van der Waals surface area contributed by atoms with Gasteiger partial charge in [-0.1, -0.05) is 18.6 Å². The summed E-state index contributed by atoms with van der Waals surface area (Å²) >= 11 is 0. The maximum Gasteiger partial charge on any atom is 0.408 e. The first-order chi connectivity index (χ1) is 14.2. The summed E-state index contributed by atoms with van der Waals surface area (Å²) in [6.45, 7) is 7.62. The van der Waals surface area contributed by atoms with Gasteiger partial charge < -0.3 is 19.5 Å². The molecular formula is C24H39NO5. The Kier molecular flexibility index (Phi) is 8.95. The number of ether oxygens (including phenoxy) is 3. The molecule has 0 heterocycles. The van der Waals surface area contributed by atoms with E-state index >= 15 is 0 Å². The number of hydrogen-bond donors (Lipinski definition) is 1. The predicted molar refractivity (Wildman–Crippen MR) is 117 cm³/mol. The fourth-order valence-corrected chi connectivity index (χ4v) is 4.44. The summed E-state index contributed by atoms with van der Waals surface area (Å²) in [6, 6.07) is -0.688. The van der Waals surface area contributed by atoms with E-state index in [1.165, 1.54) is 23.8 Å². The Labute approximate surface area is 181 Å². The topological polar surface area (TPSA) is 73.9 Å². The van der Waals surface area contributed by atoms with Crippen LogP contribution in [0, 0.1) is 5.92 Å². The van der Waals surface area contributed by atoms with Crippen LogP contribution in [0.5, 0.6) is 0 Å². The molecular weight excluding hydrogens is 382 g/mol. The molecule has 2 aliphatic carbocycles. The highest BCUT2D eigenvalue weighted by atomic mass is 16.6. The third-order valence-electron chi connectivity index (χ3n) is 6.03. The summed E-state index contributed by atoms with van der Waals surface area (Å²) in [5.41, 5.74) is 3.91. The minimum absolute atomic E-state index is 0.328. The molecule has 0 radical (unpaired) electrons. The van der Waals surface area contributed by atoms with Crippen molar-refractivity contribution in [2.24, 2.45) is 5.92 Å². The molecule has 0 aliphatic heterocycles. The van der Waals surface area contributed by atoms with E-state index in [1.54, 1.807) is 27.9 Å². The number of alkyl carbamates (subject to hydrolysis) is 1. The van der Waals surface area contributed by atoms with Gasteiger partial charge in [-0.25, -0.2) is 9.59 Å². The van der Waals surface area contributed by atoms with E-state index in [4.69, 9.17) is 14.2 Å². The molecule has 3 atom stereocenters. The molecule has 0 saturated heterocycles. The number of methoxy groups -OCH3 is 2. The van der Waals surface area contributed by atoms with Crippen LogP contribution >= 0.6 is 0 Å². The average Bonchev–Trinajstić information content (AvgIpc) is 2.71. The van der Waals surface area contributed by atoms with Crippen molar-refractivity contribution in [3.05, 3.63) is 22.8 Å². The van der Waals surface area contributed by atoms with Crippen molar-refractivity contribution >= 4 is 12.1 Å². The summed E-state index contributed by atoms with van der Waals surface area (Å²) in [5, 5.41) is 2.69.